The Morgan fingerprint density at radius 3 is 2.63 bits per heavy atom. The van der Waals surface area contributed by atoms with E-state index in [1.165, 1.54) is 7.11 Å². The fourth-order valence-corrected chi connectivity index (χ4v) is 3.01. The molecule has 0 unspecified atom stereocenters. The van der Waals surface area contributed by atoms with Gasteiger partial charge in [0, 0.05) is 7.05 Å². The van der Waals surface area contributed by atoms with Gasteiger partial charge in [-0.3, -0.25) is 4.68 Å². The van der Waals surface area contributed by atoms with Crippen molar-refractivity contribution >= 4 is 17.0 Å². The number of hydrogen-bond acceptors (Lipinski definition) is 6. The van der Waals surface area contributed by atoms with Crippen LogP contribution in [0.2, 0.25) is 0 Å². The second kappa shape index (κ2) is 6.60. The highest BCUT2D eigenvalue weighted by Gasteiger charge is 2.22. The zero-order valence-corrected chi connectivity index (χ0v) is 15.1. The van der Waals surface area contributed by atoms with Crippen molar-refractivity contribution in [2.75, 3.05) is 7.11 Å². The Kier molecular flexibility index (Phi) is 4.12. The van der Waals surface area contributed by atoms with E-state index in [1.54, 1.807) is 60.5 Å². The second-order valence-electron chi connectivity index (χ2n) is 5.98. The molecule has 0 radical (unpaired) electrons. The molecule has 0 saturated carbocycles. The SMILES string of the molecule is COc1ccccc1OC(=O)c1cc(-c2ccco2)nc2c1c(C)nn2C. The van der Waals surface area contributed by atoms with E-state index in [9.17, 15) is 4.79 Å². The molecule has 3 heterocycles. The lowest BCUT2D eigenvalue weighted by Gasteiger charge is -2.10. The quantitative estimate of drug-likeness (QED) is 0.406. The summed E-state index contributed by atoms with van der Waals surface area (Å²) in [5.74, 6) is 0.860. The van der Waals surface area contributed by atoms with Crippen molar-refractivity contribution in [3.63, 3.8) is 0 Å². The van der Waals surface area contributed by atoms with Crippen LogP contribution in [0.4, 0.5) is 0 Å². The summed E-state index contributed by atoms with van der Waals surface area (Å²) in [6.45, 7) is 1.83. The fourth-order valence-electron chi connectivity index (χ4n) is 3.01. The van der Waals surface area contributed by atoms with Crippen molar-refractivity contribution in [1.82, 2.24) is 14.8 Å². The van der Waals surface area contributed by atoms with Gasteiger partial charge in [-0.1, -0.05) is 12.1 Å². The van der Waals surface area contributed by atoms with Crippen LogP contribution < -0.4 is 9.47 Å². The monoisotopic (exact) mass is 363 g/mol. The van der Waals surface area contributed by atoms with Crippen LogP contribution in [0.15, 0.2) is 53.1 Å². The molecule has 0 aliphatic carbocycles. The summed E-state index contributed by atoms with van der Waals surface area (Å²) in [5, 5.41) is 5.03. The summed E-state index contributed by atoms with van der Waals surface area (Å²) >= 11 is 0. The molecular weight excluding hydrogens is 346 g/mol. The van der Waals surface area contributed by atoms with Crippen LogP contribution in [-0.2, 0) is 7.05 Å². The van der Waals surface area contributed by atoms with Crippen LogP contribution in [0.25, 0.3) is 22.5 Å². The highest BCUT2D eigenvalue weighted by Crippen LogP contribution is 2.30. The Bertz CT molecular complexity index is 1130. The molecule has 3 aromatic heterocycles. The summed E-state index contributed by atoms with van der Waals surface area (Å²) in [5.41, 5.74) is 2.16. The number of rotatable bonds is 4. The predicted molar refractivity (Wildman–Crippen MR) is 98.9 cm³/mol. The first-order chi connectivity index (χ1) is 13.1. The molecule has 1 aromatic carbocycles. The van der Waals surface area contributed by atoms with Gasteiger partial charge in [0.05, 0.1) is 30.0 Å². The zero-order valence-electron chi connectivity index (χ0n) is 15.1. The third-order valence-corrected chi connectivity index (χ3v) is 4.23. The molecule has 0 bridgehead atoms. The molecule has 0 fully saturated rings. The number of methoxy groups -OCH3 is 1. The van der Waals surface area contributed by atoms with Gasteiger partial charge in [0.2, 0.25) is 0 Å². The van der Waals surface area contributed by atoms with Gasteiger partial charge in [-0.05, 0) is 37.3 Å². The van der Waals surface area contributed by atoms with Gasteiger partial charge in [-0.2, -0.15) is 5.10 Å². The number of ether oxygens (including phenoxy) is 2. The maximum Gasteiger partial charge on any atom is 0.344 e. The number of esters is 1. The number of pyridine rings is 1. The Labute approximate surface area is 155 Å². The number of nitrogens with zero attached hydrogens (tertiary/aromatic N) is 3. The number of carbonyl (C=O) groups is 1. The summed E-state index contributed by atoms with van der Waals surface area (Å²) in [6, 6.07) is 12.2. The van der Waals surface area contributed by atoms with Gasteiger partial charge in [-0.25, -0.2) is 9.78 Å². The van der Waals surface area contributed by atoms with Gasteiger partial charge < -0.3 is 13.9 Å². The molecule has 0 N–H and O–H groups in total. The minimum Gasteiger partial charge on any atom is -0.493 e. The number of aromatic nitrogens is 3. The summed E-state index contributed by atoms with van der Waals surface area (Å²) in [7, 11) is 3.31. The van der Waals surface area contributed by atoms with Crippen molar-refractivity contribution in [3.05, 3.63) is 60.0 Å². The Morgan fingerprint density at radius 2 is 1.93 bits per heavy atom. The van der Waals surface area contributed by atoms with E-state index in [1.807, 2.05) is 6.92 Å². The number of aryl methyl sites for hydroxylation is 2. The number of para-hydroxylation sites is 2. The van der Waals surface area contributed by atoms with E-state index in [0.717, 1.165) is 0 Å². The summed E-state index contributed by atoms with van der Waals surface area (Å²) < 4.78 is 17.9. The second-order valence-corrected chi connectivity index (χ2v) is 5.98. The Hall–Kier alpha value is -3.61. The van der Waals surface area contributed by atoms with Crippen LogP contribution in [0, 0.1) is 6.92 Å². The third kappa shape index (κ3) is 2.93. The van der Waals surface area contributed by atoms with Gasteiger partial charge >= 0.3 is 5.97 Å². The lowest BCUT2D eigenvalue weighted by atomic mass is 10.1. The van der Waals surface area contributed by atoms with Gasteiger partial charge in [-0.15, -0.1) is 0 Å². The molecule has 7 heteroatoms. The first-order valence-corrected chi connectivity index (χ1v) is 8.32. The first kappa shape index (κ1) is 16.8. The molecule has 136 valence electrons. The molecule has 7 nitrogen and oxygen atoms in total. The molecule has 4 aromatic rings. The van der Waals surface area contributed by atoms with Crippen molar-refractivity contribution in [1.29, 1.82) is 0 Å². The normalized spacial score (nSPS) is 10.9. The third-order valence-electron chi connectivity index (χ3n) is 4.23. The maximum absolute atomic E-state index is 13.0. The van der Waals surface area contributed by atoms with E-state index >= 15 is 0 Å². The average molecular weight is 363 g/mol. The largest absolute Gasteiger partial charge is 0.493 e. The van der Waals surface area contributed by atoms with E-state index in [-0.39, 0.29) is 0 Å². The molecule has 0 aliphatic rings. The van der Waals surface area contributed by atoms with E-state index in [4.69, 9.17) is 13.9 Å². The van der Waals surface area contributed by atoms with Gasteiger partial charge in [0.1, 0.15) is 5.69 Å². The van der Waals surface area contributed by atoms with Gasteiger partial charge in [0.25, 0.3) is 0 Å². The van der Waals surface area contributed by atoms with Crippen molar-refractivity contribution < 1.29 is 18.7 Å². The highest BCUT2D eigenvalue weighted by molar-refractivity contribution is 6.05. The molecule has 4 rings (SSSR count). The van der Waals surface area contributed by atoms with Crippen molar-refractivity contribution in [3.8, 4) is 23.0 Å². The number of benzene rings is 1. The maximum atomic E-state index is 13.0. The summed E-state index contributed by atoms with van der Waals surface area (Å²) in [6.07, 6.45) is 1.56. The van der Waals surface area contributed by atoms with Crippen LogP contribution in [0.1, 0.15) is 16.1 Å². The highest BCUT2D eigenvalue weighted by atomic mass is 16.6. The fraction of sp³-hybridized carbons (Fsp3) is 0.150. The molecule has 0 atom stereocenters. The molecule has 0 saturated heterocycles. The number of fused-ring (bicyclic) bond motifs is 1. The lowest BCUT2D eigenvalue weighted by Crippen LogP contribution is -2.11. The van der Waals surface area contributed by atoms with Gasteiger partial charge in [0.15, 0.2) is 22.9 Å². The Balaban J connectivity index is 1.85. The predicted octanol–water partition coefficient (Wildman–Crippen LogP) is 3.76. The lowest BCUT2D eigenvalue weighted by molar-refractivity contribution is 0.0731. The smallest absolute Gasteiger partial charge is 0.344 e. The summed E-state index contributed by atoms with van der Waals surface area (Å²) in [4.78, 5) is 17.6. The van der Waals surface area contributed by atoms with Crippen LogP contribution in [0.5, 0.6) is 11.5 Å². The first-order valence-electron chi connectivity index (χ1n) is 8.32. The minimum atomic E-state index is -0.518. The van der Waals surface area contributed by atoms with Crippen LogP contribution >= 0.6 is 0 Å². The number of carbonyl (C=O) groups excluding carboxylic acids is 1. The molecule has 27 heavy (non-hydrogen) atoms. The van der Waals surface area contributed by atoms with E-state index in [0.29, 0.717) is 45.2 Å². The van der Waals surface area contributed by atoms with Crippen LogP contribution in [-0.4, -0.2) is 27.8 Å². The van der Waals surface area contributed by atoms with Crippen molar-refractivity contribution in [2.24, 2.45) is 7.05 Å². The minimum absolute atomic E-state index is 0.344. The van der Waals surface area contributed by atoms with Crippen molar-refractivity contribution in [2.45, 2.75) is 6.92 Å². The molecular formula is C20H17N3O4. The topological polar surface area (TPSA) is 79.4 Å². The molecule has 0 spiro atoms. The average Bonchev–Trinajstić information content (AvgIpc) is 3.30. The van der Waals surface area contributed by atoms with E-state index in [2.05, 4.69) is 10.1 Å². The zero-order chi connectivity index (χ0) is 19.0. The standard InChI is InChI=1S/C20H17N3O4/c1-12-18-13(20(24)27-17-8-5-4-7-16(17)25-3)11-14(15-9-6-10-26-15)21-19(18)23(2)22-12/h4-11H,1-3H3. The molecule has 0 amide bonds. The van der Waals surface area contributed by atoms with Crippen LogP contribution in [0.3, 0.4) is 0 Å². The van der Waals surface area contributed by atoms with E-state index < -0.39 is 5.97 Å². The molecule has 0 aliphatic heterocycles. The number of furan rings is 1. The Morgan fingerprint density at radius 1 is 1.15 bits per heavy atom. The number of hydrogen-bond donors (Lipinski definition) is 0.